The van der Waals surface area contributed by atoms with E-state index < -0.39 is 5.60 Å². The van der Waals surface area contributed by atoms with Crippen molar-refractivity contribution >= 4 is 6.09 Å². The van der Waals surface area contributed by atoms with E-state index in [2.05, 4.69) is 4.84 Å². The first kappa shape index (κ1) is 15.5. The van der Waals surface area contributed by atoms with Gasteiger partial charge in [0.2, 0.25) is 0 Å². The van der Waals surface area contributed by atoms with Gasteiger partial charge in [0.1, 0.15) is 5.60 Å². The van der Waals surface area contributed by atoms with E-state index in [-0.39, 0.29) is 12.7 Å². The zero-order valence-corrected chi connectivity index (χ0v) is 11.8. The first-order valence-corrected chi connectivity index (χ1v) is 6.26. The van der Waals surface area contributed by atoms with E-state index in [4.69, 9.17) is 10.6 Å². The monoisotopic (exact) mass is 266 g/mol. The molecule has 5 heteroatoms. The lowest BCUT2D eigenvalue weighted by molar-refractivity contribution is 0.0157. The van der Waals surface area contributed by atoms with E-state index in [0.717, 1.165) is 5.56 Å². The lowest BCUT2D eigenvalue weighted by Gasteiger charge is -2.27. The maximum atomic E-state index is 12.1. The average molecular weight is 266 g/mol. The van der Waals surface area contributed by atoms with Gasteiger partial charge in [-0.05, 0) is 26.3 Å². The van der Waals surface area contributed by atoms with Crippen LogP contribution in [0.15, 0.2) is 30.3 Å². The molecule has 106 valence electrons. The number of amides is 1. The molecule has 1 amide bonds. The van der Waals surface area contributed by atoms with Crippen molar-refractivity contribution in [1.29, 1.82) is 0 Å². The summed E-state index contributed by atoms with van der Waals surface area (Å²) in [4.78, 5) is 18.2. The van der Waals surface area contributed by atoms with Crippen molar-refractivity contribution in [1.82, 2.24) is 4.90 Å². The summed E-state index contributed by atoms with van der Waals surface area (Å²) in [6.45, 7) is 6.65. The molecule has 0 spiro atoms. The molecule has 2 N–H and O–H groups in total. The van der Waals surface area contributed by atoms with Gasteiger partial charge in [-0.1, -0.05) is 30.3 Å². The summed E-state index contributed by atoms with van der Waals surface area (Å²) in [7, 11) is 0. The van der Waals surface area contributed by atoms with Crippen LogP contribution < -0.4 is 5.90 Å². The van der Waals surface area contributed by atoms with Crippen molar-refractivity contribution in [2.45, 2.75) is 32.9 Å². The van der Waals surface area contributed by atoms with Gasteiger partial charge in [0.25, 0.3) is 0 Å². The Morgan fingerprint density at radius 3 is 2.42 bits per heavy atom. The summed E-state index contributed by atoms with van der Waals surface area (Å²) >= 11 is 0. The van der Waals surface area contributed by atoms with Crippen LogP contribution >= 0.6 is 0 Å². The van der Waals surface area contributed by atoms with Gasteiger partial charge in [0.15, 0.2) is 0 Å². The molecule has 0 aliphatic rings. The van der Waals surface area contributed by atoms with Crippen molar-refractivity contribution in [2.75, 3.05) is 13.2 Å². The van der Waals surface area contributed by atoms with Gasteiger partial charge in [-0.25, -0.2) is 10.7 Å². The molecule has 0 saturated carbocycles. The predicted molar refractivity (Wildman–Crippen MR) is 73.2 cm³/mol. The third-order valence-corrected chi connectivity index (χ3v) is 2.35. The van der Waals surface area contributed by atoms with E-state index in [9.17, 15) is 4.79 Å². The summed E-state index contributed by atoms with van der Waals surface area (Å²) in [5.41, 5.74) is 0.514. The van der Waals surface area contributed by atoms with Crippen molar-refractivity contribution in [3.8, 4) is 0 Å². The van der Waals surface area contributed by atoms with Crippen molar-refractivity contribution < 1.29 is 14.4 Å². The lowest BCUT2D eigenvalue weighted by Crippen LogP contribution is -2.38. The van der Waals surface area contributed by atoms with Crippen LogP contribution in [-0.4, -0.2) is 29.7 Å². The molecule has 0 aromatic heterocycles. The minimum atomic E-state index is -0.518. The van der Waals surface area contributed by atoms with Crippen molar-refractivity contribution in [2.24, 2.45) is 5.90 Å². The molecule has 0 aliphatic heterocycles. The van der Waals surface area contributed by atoms with Crippen molar-refractivity contribution in [3.05, 3.63) is 35.9 Å². The molecule has 0 saturated heterocycles. The molecule has 0 aliphatic carbocycles. The Labute approximate surface area is 114 Å². The van der Waals surface area contributed by atoms with Gasteiger partial charge in [0, 0.05) is 13.1 Å². The van der Waals surface area contributed by atoms with Gasteiger partial charge >= 0.3 is 6.09 Å². The Bertz CT molecular complexity index is 387. The third kappa shape index (κ3) is 6.22. The third-order valence-electron chi connectivity index (χ3n) is 2.35. The molecular weight excluding hydrogens is 244 g/mol. The second-order valence-corrected chi connectivity index (χ2v) is 5.26. The minimum absolute atomic E-state index is 0.270. The largest absolute Gasteiger partial charge is 0.444 e. The number of carbonyl (C=O) groups excluding carboxylic acids is 1. The van der Waals surface area contributed by atoms with Crippen LogP contribution in [0.5, 0.6) is 0 Å². The molecular formula is C14H22N2O3. The Hall–Kier alpha value is -1.59. The molecule has 1 rings (SSSR count). The van der Waals surface area contributed by atoms with E-state index in [0.29, 0.717) is 13.1 Å². The molecule has 1 aromatic carbocycles. The zero-order chi connectivity index (χ0) is 14.3. The Balaban J connectivity index is 2.68. The number of benzene rings is 1. The molecule has 0 fully saturated rings. The fourth-order valence-corrected chi connectivity index (χ4v) is 1.53. The topological polar surface area (TPSA) is 64.8 Å². The molecule has 1 aromatic rings. The Morgan fingerprint density at radius 2 is 1.89 bits per heavy atom. The second kappa shape index (κ2) is 7.11. The summed E-state index contributed by atoms with van der Waals surface area (Å²) in [6, 6.07) is 9.72. The summed E-state index contributed by atoms with van der Waals surface area (Å²) in [6.07, 6.45) is -0.367. The number of nitrogens with zero attached hydrogens (tertiary/aromatic N) is 1. The van der Waals surface area contributed by atoms with Crippen LogP contribution in [0.4, 0.5) is 4.79 Å². The standard InChI is InChI=1S/C14H22N2O3/c1-14(2,3)19-13(17)16(9-10-18-15)11-12-7-5-4-6-8-12/h4-8H,9-11,15H2,1-3H3. The summed E-state index contributed by atoms with van der Waals surface area (Å²) in [5, 5.41) is 0. The number of ether oxygens (including phenoxy) is 1. The van der Waals surface area contributed by atoms with Crippen LogP contribution in [0.25, 0.3) is 0 Å². The highest BCUT2D eigenvalue weighted by molar-refractivity contribution is 5.68. The molecule has 0 bridgehead atoms. The Kier molecular flexibility index (Phi) is 5.79. The molecule has 0 unspecified atom stereocenters. The highest BCUT2D eigenvalue weighted by Gasteiger charge is 2.22. The van der Waals surface area contributed by atoms with Gasteiger partial charge in [-0.2, -0.15) is 0 Å². The quantitative estimate of drug-likeness (QED) is 0.831. The number of carbonyl (C=O) groups is 1. The highest BCUT2D eigenvalue weighted by Crippen LogP contribution is 2.12. The van der Waals surface area contributed by atoms with Crippen molar-refractivity contribution in [3.63, 3.8) is 0 Å². The average Bonchev–Trinajstić information content (AvgIpc) is 2.33. The summed E-state index contributed by atoms with van der Waals surface area (Å²) < 4.78 is 5.36. The first-order chi connectivity index (χ1) is 8.92. The van der Waals surface area contributed by atoms with Crippen LogP contribution in [0, 0.1) is 0 Å². The number of hydrogen-bond donors (Lipinski definition) is 1. The fourth-order valence-electron chi connectivity index (χ4n) is 1.53. The zero-order valence-electron chi connectivity index (χ0n) is 11.8. The number of nitrogens with two attached hydrogens (primary N) is 1. The van der Waals surface area contributed by atoms with Crippen LogP contribution in [0.1, 0.15) is 26.3 Å². The number of hydrogen-bond acceptors (Lipinski definition) is 4. The van der Waals surface area contributed by atoms with Crippen LogP contribution in [-0.2, 0) is 16.1 Å². The maximum absolute atomic E-state index is 12.1. The van der Waals surface area contributed by atoms with Gasteiger partial charge in [0.05, 0.1) is 6.61 Å². The molecule has 5 nitrogen and oxygen atoms in total. The normalized spacial score (nSPS) is 11.2. The summed E-state index contributed by atoms with van der Waals surface area (Å²) in [5.74, 6) is 5.02. The van der Waals surface area contributed by atoms with Crippen LogP contribution in [0.2, 0.25) is 0 Å². The molecule has 0 heterocycles. The maximum Gasteiger partial charge on any atom is 0.410 e. The fraction of sp³-hybridized carbons (Fsp3) is 0.500. The molecule has 0 atom stereocenters. The van der Waals surface area contributed by atoms with E-state index in [1.54, 1.807) is 4.90 Å². The Morgan fingerprint density at radius 1 is 1.26 bits per heavy atom. The second-order valence-electron chi connectivity index (χ2n) is 5.26. The van der Waals surface area contributed by atoms with E-state index in [1.165, 1.54) is 0 Å². The van der Waals surface area contributed by atoms with Gasteiger partial charge in [-0.15, -0.1) is 0 Å². The van der Waals surface area contributed by atoms with E-state index >= 15 is 0 Å². The van der Waals surface area contributed by atoms with Crippen LogP contribution in [0.3, 0.4) is 0 Å². The minimum Gasteiger partial charge on any atom is -0.444 e. The SMILES string of the molecule is CC(C)(C)OC(=O)N(CCON)Cc1ccccc1. The molecule has 0 radical (unpaired) electrons. The smallest absolute Gasteiger partial charge is 0.410 e. The van der Waals surface area contributed by atoms with Gasteiger partial charge in [-0.3, -0.25) is 0 Å². The lowest BCUT2D eigenvalue weighted by atomic mass is 10.2. The molecule has 19 heavy (non-hydrogen) atoms. The first-order valence-electron chi connectivity index (χ1n) is 6.26. The predicted octanol–water partition coefficient (Wildman–Crippen LogP) is 2.31. The van der Waals surface area contributed by atoms with Gasteiger partial charge < -0.3 is 14.5 Å². The number of rotatable bonds is 5. The highest BCUT2D eigenvalue weighted by atomic mass is 16.6. The van der Waals surface area contributed by atoms with E-state index in [1.807, 2.05) is 51.1 Å².